The minimum absolute atomic E-state index is 0.197. The summed E-state index contributed by atoms with van der Waals surface area (Å²) in [4.78, 5) is 25.9. The Morgan fingerprint density at radius 1 is 1.40 bits per heavy atom. The molecular weight excluding hydrogens is 258 g/mol. The number of nitrogens with one attached hydrogen (secondary N) is 1. The lowest BCUT2D eigenvalue weighted by atomic mass is 10.1. The largest absolute Gasteiger partial charge is 0.399 e. The summed E-state index contributed by atoms with van der Waals surface area (Å²) in [5.41, 5.74) is 7.73. The maximum absolute atomic E-state index is 12.6. The number of hydrogen-bond acceptors (Lipinski definition) is 4. The molecule has 0 aliphatic carbocycles. The Bertz CT molecular complexity index is 510. The first-order valence-electron chi connectivity index (χ1n) is 6.50. The van der Waals surface area contributed by atoms with Gasteiger partial charge in [0.2, 0.25) is 5.91 Å². The Balaban J connectivity index is 2.27. The third-order valence-electron chi connectivity index (χ3n) is 3.29. The Kier molecular flexibility index (Phi) is 4.24. The Morgan fingerprint density at radius 3 is 2.80 bits per heavy atom. The molecule has 0 bridgehead atoms. The molecule has 1 heterocycles. The van der Waals surface area contributed by atoms with E-state index in [1.54, 1.807) is 25.2 Å². The number of morpholine rings is 1. The minimum Gasteiger partial charge on any atom is -0.399 e. The average Bonchev–Trinajstić information content (AvgIpc) is 2.44. The fourth-order valence-electron chi connectivity index (χ4n) is 2.33. The molecule has 2 rings (SSSR count). The zero-order valence-corrected chi connectivity index (χ0v) is 11.7. The molecule has 20 heavy (non-hydrogen) atoms. The first-order valence-corrected chi connectivity index (χ1v) is 6.50. The van der Waals surface area contributed by atoms with Gasteiger partial charge in [-0.3, -0.25) is 9.59 Å². The third kappa shape index (κ3) is 2.91. The Hall–Kier alpha value is -2.08. The average molecular weight is 277 g/mol. The summed E-state index contributed by atoms with van der Waals surface area (Å²) < 4.78 is 5.29. The van der Waals surface area contributed by atoms with E-state index in [-0.39, 0.29) is 18.4 Å². The monoisotopic (exact) mass is 277 g/mol. The number of hydrogen-bond donors (Lipinski definition) is 2. The van der Waals surface area contributed by atoms with E-state index in [1.807, 2.05) is 6.92 Å². The normalized spacial score (nSPS) is 18.7. The van der Waals surface area contributed by atoms with E-state index < -0.39 is 6.04 Å². The summed E-state index contributed by atoms with van der Waals surface area (Å²) in [6.07, 6.45) is 0. The second-order valence-corrected chi connectivity index (χ2v) is 4.84. The second-order valence-electron chi connectivity index (χ2n) is 4.84. The lowest BCUT2D eigenvalue weighted by molar-refractivity contribution is -0.130. The van der Waals surface area contributed by atoms with E-state index in [9.17, 15) is 9.59 Å². The van der Waals surface area contributed by atoms with E-state index in [1.165, 1.54) is 4.90 Å². The van der Waals surface area contributed by atoms with Crippen molar-refractivity contribution >= 4 is 17.5 Å². The molecule has 6 nitrogen and oxygen atoms in total. The highest BCUT2D eigenvalue weighted by atomic mass is 16.5. The smallest absolute Gasteiger partial charge is 0.254 e. The van der Waals surface area contributed by atoms with Gasteiger partial charge in [0.25, 0.3) is 5.91 Å². The van der Waals surface area contributed by atoms with Crippen LogP contribution in [0.2, 0.25) is 0 Å². The number of nitrogen functional groups attached to an aromatic ring is 1. The molecule has 108 valence electrons. The van der Waals surface area contributed by atoms with Crippen LogP contribution >= 0.6 is 0 Å². The predicted octanol–water partition coefficient (Wildman–Crippen LogP) is 0.164. The van der Waals surface area contributed by atoms with E-state index >= 15 is 0 Å². The number of carbonyl (C=O) groups excluding carboxylic acids is 2. The standard InChI is InChI=1S/C14H19N3O3/c1-9-5-10(7-11(15)6-9)14(19)17-3-4-20-8-12(17)13(18)16-2/h5-7,12H,3-4,8,15H2,1-2H3,(H,16,18). The van der Waals surface area contributed by atoms with Crippen LogP contribution in [0, 0.1) is 6.92 Å². The van der Waals surface area contributed by atoms with E-state index in [0.29, 0.717) is 24.4 Å². The zero-order valence-electron chi connectivity index (χ0n) is 11.7. The van der Waals surface area contributed by atoms with Crippen LogP contribution in [0.15, 0.2) is 18.2 Å². The van der Waals surface area contributed by atoms with Crippen LogP contribution in [0.5, 0.6) is 0 Å². The fourth-order valence-corrected chi connectivity index (χ4v) is 2.33. The second kappa shape index (κ2) is 5.92. The van der Waals surface area contributed by atoms with Crippen LogP contribution in [0.25, 0.3) is 0 Å². The van der Waals surface area contributed by atoms with Gasteiger partial charge in [0, 0.05) is 24.8 Å². The van der Waals surface area contributed by atoms with Crippen molar-refractivity contribution in [3.05, 3.63) is 29.3 Å². The maximum atomic E-state index is 12.6. The van der Waals surface area contributed by atoms with Gasteiger partial charge in [0.15, 0.2) is 0 Å². The molecule has 1 aromatic rings. The Labute approximate surface area is 117 Å². The lowest BCUT2D eigenvalue weighted by Crippen LogP contribution is -2.55. The van der Waals surface area contributed by atoms with Crippen molar-refractivity contribution in [3.63, 3.8) is 0 Å². The summed E-state index contributed by atoms with van der Waals surface area (Å²) in [6.45, 7) is 2.92. The number of aryl methyl sites for hydroxylation is 1. The quantitative estimate of drug-likeness (QED) is 0.754. The van der Waals surface area contributed by atoms with Gasteiger partial charge in [-0.1, -0.05) is 0 Å². The highest BCUT2D eigenvalue weighted by Crippen LogP contribution is 2.17. The summed E-state index contributed by atoms with van der Waals surface area (Å²) in [7, 11) is 1.55. The number of anilines is 1. The van der Waals surface area contributed by atoms with Crippen molar-refractivity contribution < 1.29 is 14.3 Å². The highest BCUT2D eigenvalue weighted by molar-refractivity contribution is 5.98. The molecule has 1 aliphatic heterocycles. The fraction of sp³-hybridized carbons (Fsp3) is 0.429. The molecule has 6 heteroatoms. The summed E-state index contributed by atoms with van der Waals surface area (Å²) in [5.74, 6) is -0.420. The van der Waals surface area contributed by atoms with Gasteiger partial charge in [-0.2, -0.15) is 0 Å². The number of carbonyl (C=O) groups is 2. The molecule has 3 N–H and O–H groups in total. The van der Waals surface area contributed by atoms with Gasteiger partial charge in [0.05, 0.1) is 13.2 Å². The topological polar surface area (TPSA) is 84.7 Å². The SMILES string of the molecule is CNC(=O)C1COCCN1C(=O)c1cc(C)cc(N)c1. The van der Waals surface area contributed by atoms with Crippen molar-refractivity contribution in [1.29, 1.82) is 0 Å². The first kappa shape index (κ1) is 14.3. The van der Waals surface area contributed by atoms with Crippen molar-refractivity contribution in [3.8, 4) is 0 Å². The van der Waals surface area contributed by atoms with Crippen molar-refractivity contribution in [2.24, 2.45) is 0 Å². The number of likely N-dealkylation sites (N-methyl/N-ethyl adjacent to an activating group) is 1. The van der Waals surface area contributed by atoms with Gasteiger partial charge in [-0.15, -0.1) is 0 Å². The molecule has 0 aromatic heterocycles. The van der Waals surface area contributed by atoms with Gasteiger partial charge in [-0.25, -0.2) is 0 Å². The van der Waals surface area contributed by atoms with Crippen molar-refractivity contribution in [2.45, 2.75) is 13.0 Å². The van der Waals surface area contributed by atoms with Crippen LogP contribution in [0.3, 0.4) is 0 Å². The van der Waals surface area contributed by atoms with Crippen LogP contribution in [0.1, 0.15) is 15.9 Å². The summed E-state index contributed by atoms with van der Waals surface area (Å²) in [5, 5.41) is 2.56. The molecule has 1 unspecified atom stereocenters. The van der Waals surface area contributed by atoms with Gasteiger partial charge in [0.1, 0.15) is 6.04 Å². The molecule has 0 radical (unpaired) electrons. The van der Waals surface area contributed by atoms with Gasteiger partial charge >= 0.3 is 0 Å². The van der Waals surface area contributed by atoms with Crippen LogP contribution in [-0.2, 0) is 9.53 Å². The van der Waals surface area contributed by atoms with Gasteiger partial charge < -0.3 is 20.7 Å². The van der Waals surface area contributed by atoms with Crippen molar-refractivity contribution in [2.75, 3.05) is 32.5 Å². The molecule has 1 atom stereocenters. The number of nitrogens with two attached hydrogens (primary N) is 1. The first-order chi connectivity index (χ1) is 9.52. The molecule has 1 aromatic carbocycles. The number of benzene rings is 1. The molecule has 0 saturated carbocycles. The van der Waals surface area contributed by atoms with E-state index in [2.05, 4.69) is 5.32 Å². The zero-order chi connectivity index (χ0) is 14.7. The number of ether oxygens (including phenoxy) is 1. The van der Waals surface area contributed by atoms with E-state index in [0.717, 1.165) is 5.56 Å². The maximum Gasteiger partial charge on any atom is 0.254 e. The molecule has 1 saturated heterocycles. The summed E-state index contributed by atoms with van der Waals surface area (Å²) in [6, 6.07) is 4.61. The predicted molar refractivity (Wildman–Crippen MR) is 75.3 cm³/mol. The Morgan fingerprint density at radius 2 is 2.15 bits per heavy atom. The third-order valence-corrected chi connectivity index (χ3v) is 3.29. The summed E-state index contributed by atoms with van der Waals surface area (Å²) >= 11 is 0. The van der Waals surface area contributed by atoms with Gasteiger partial charge in [-0.05, 0) is 30.7 Å². The molecule has 1 fully saturated rings. The number of rotatable bonds is 2. The number of amides is 2. The number of nitrogens with zero attached hydrogens (tertiary/aromatic N) is 1. The molecule has 1 aliphatic rings. The van der Waals surface area contributed by atoms with Crippen LogP contribution in [-0.4, -0.2) is 49.6 Å². The lowest BCUT2D eigenvalue weighted by Gasteiger charge is -2.34. The highest BCUT2D eigenvalue weighted by Gasteiger charge is 2.32. The van der Waals surface area contributed by atoms with Crippen molar-refractivity contribution in [1.82, 2.24) is 10.2 Å². The molecule has 0 spiro atoms. The van der Waals surface area contributed by atoms with Crippen LogP contribution in [0.4, 0.5) is 5.69 Å². The van der Waals surface area contributed by atoms with E-state index in [4.69, 9.17) is 10.5 Å². The van der Waals surface area contributed by atoms with Crippen LogP contribution < -0.4 is 11.1 Å². The molecular formula is C14H19N3O3. The molecule has 2 amide bonds. The minimum atomic E-state index is -0.594.